The van der Waals surface area contributed by atoms with E-state index in [0.29, 0.717) is 12.6 Å². The Morgan fingerprint density at radius 2 is 2.06 bits per heavy atom. The molecule has 0 atom stereocenters. The zero-order valence-corrected chi connectivity index (χ0v) is 12.7. The third-order valence-electron chi connectivity index (χ3n) is 3.17. The number of anilines is 1. The summed E-state index contributed by atoms with van der Waals surface area (Å²) in [6, 6.07) is 2.52. The standard InChI is InChI=1S/C12H16Br2N2O/c13-9-7-11(14)12(15-8-9)16(5-6-17)10-3-1-2-4-10/h7-8,10,17H,1-6H2. The molecule has 1 saturated carbocycles. The van der Waals surface area contributed by atoms with Crippen LogP contribution in [0.5, 0.6) is 0 Å². The zero-order chi connectivity index (χ0) is 12.3. The number of pyridine rings is 1. The van der Waals surface area contributed by atoms with Gasteiger partial charge < -0.3 is 10.0 Å². The van der Waals surface area contributed by atoms with Gasteiger partial charge in [0.25, 0.3) is 0 Å². The van der Waals surface area contributed by atoms with Crippen LogP contribution in [0.3, 0.4) is 0 Å². The van der Waals surface area contributed by atoms with Gasteiger partial charge in [0.1, 0.15) is 5.82 Å². The molecule has 1 fully saturated rings. The van der Waals surface area contributed by atoms with Gasteiger partial charge in [0.15, 0.2) is 0 Å². The first kappa shape index (κ1) is 13.3. The lowest BCUT2D eigenvalue weighted by Gasteiger charge is -2.30. The molecule has 2 rings (SSSR count). The van der Waals surface area contributed by atoms with E-state index in [1.165, 1.54) is 25.7 Å². The van der Waals surface area contributed by atoms with Crippen LogP contribution in [0.1, 0.15) is 25.7 Å². The average Bonchev–Trinajstić information content (AvgIpc) is 2.80. The Balaban J connectivity index is 2.24. The summed E-state index contributed by atoms with van der Waals surface area (Å²) >= 11 is 6.96. The van der Waals surface area contributed by atoms with Crippen LogP contribution >= 0.6 is 31.9 Å². The van der Waals surface area contributed by atoms with Crippen molar-refractivity contribution < 1.29 is 5.11 Å². The molecular weight excluding hydrogens is 348 g/mol. The number of halogens is 2. The van der Waals surface area contributed by atoms with E-state index in [-0.39, 0.29) is 6.61 Å². The first-order valence-electron chi connectivity index (χ1n) is 5.91. The van der Waals surface area contributed by atoms with Crippen LogP contribution in [-0.2, 0) is 0 Å². The average molecular weight is 364 g/mol. The minimum atomic E-state index is 0.167. The van der Waals surface area contributed by atoms with Crippen LogP contribution in [0.2, 0.25) is 0 Å². The molecule has 0 aromatic carbocycles. The first-order valence-corrected chi connectivity index (χ1v) is 7.49. The predicted molar refractivity (Wildman–Crippen MR) is 76.3 cm³/mol. The second kappa shape index (κ2) is 6.16. The van der Waals surface area contributed by atoms with Gasteiger partial charge in [-0.2, -0.15) is 0 Å². The molecule has 0 unspecified atom stereocenters. The summed E-state index contributed by atoms with van der Waals surface area (Å²) in [4.78, 5) is 6.69. The molecule has 1 aromatic rings. The molecule has 1 N–H and O–H groups in total. The fourth-order valence-electron chi connectivity index (χ4n) is 2.40. The quantitative estimate of drug-likeness (QED) is 0.891. The van der Waals surface area contributed by atoms with E-state index in [1.807, 2.05) is 6.07 Å². The van der Waals surface area contributed by atoms with E-state index in [4.69, 9.17) is 0 Å². The minimum absolute atomic E-state index is 0.167. The molecule has 1 heterocycles. The number of hydrogen-bond donors (Lipinski definition) is 1. The van der Waals surface area contributed by atoms with Gasteiger partial charge in [0.2, 0.25) is 0 Å². The summed E-state index contributed by atoms with van der Waals surface area (Å²) in [5.74, 6) is 0.939. The van der Waals surface area contributed by atoms with Crippen molar-refractivity contribution in [1.82, 2.24) is 4.98 Å². The fraction of sp³-hybridized carbons (Fsp3) is 0.583. The van der Waals surface area contributed by atoms with Crippen LogP contribution < -0.4 is 4.90 Å². The van der Waals surface area contributed by atoms with Crippen molar-refractivity contribution in [2.75, 3.05) is 18.1 Å². The lowest BCUT2D eigenvalue weighted by atomic mass is 10.2. The van der Waals surface area contributed by atoms with E-state index in [0.717, 1.165) is 14.8 Å². The molecule has 1 aromatic heterocycles. The number of aliphatic hydroxyl groups excluding tert-OH is 1. The number of rotatable bonds is 4. The molecule has 3 nitrogen and oxygen atoms in total. The van der Waals surface area contributed by atoms with E-state index in [1.54, 1.807) is 6.20 Å². The molecule has 5 heteroatoms. The Morgan fingerprint density at radius 1 is 1.35 bits per heavy atom. The Hall–Kier alpha value is -0.130. The van der Waals surface area contributed by atoms with Crippen molar-refractivity contribution in [2.45, 2.75) is 31.7 Å². The van der Waals surface area contributed by atoms with Crippen molar-refractivity contribution >= 4 is 37.7 Å². The van der Waals surface area contributed by atoms with Gasteiger partial charge in [-0.3, -0.25) is 0 Å². The second-order valence-electron chi connectivity index (χ2n) is 4.31. The SMILES string of the molecule is OCCN(c1ncc(Br)cc1Br)C1CCCC1. The Bertz CT molecular complexity index is 381. The van der Waals surface area contributed by atoms with Crippen LogP contribution in [-0.4, -0.2) is 29.3 Å². The smallest absolute Gasteiger partial charge is 0.143 e. The highest BCUT2D eigenvalue weighted by Gasteiger charge is 2.24. The molecule has 0 aliphatic heterocycles. The first-order chi connectivity index (χ1) is 8.22. The monoisotopic (exact) mass is 362 g/mol. The van der Waals surface area contributed by atoms with Crippen molar-refractivity contribution in [1.29, 1.82) is 0 Å². The maximum atomic E-state index is 9.21. The molecular formula is C12H16Br2N2O. The van der Waals surface area contributed by atoms with Gasteiger partial charge in [-0.25, -0.2) is 4.98 Å². The molecule has 1 aliphatic carbocycles. The van der Waals surface area contributed by atoms with Crippen LogP contribution in [0.4, 0.5) is 5.82 Å². The largest absolute Gasteiger partial charge is 0.395 e. The highest BCUT2D eigenvalue weighted by Crippen LogP contribution is 2.32. The van der Waals surface area contributed by atoms with Gasteiger partial charge in [-0.1, -0.05) is 12.8 Å². The third-order valence-corrected chi connectivity index (χ3v) is 4.18. The summed E-state index contributed by atoms with van der Waals surface area (Å²) in [5, 5.41) is 9.21. The van der Waals surface area contributed by atoms with Crippen LogP contribution in [0.15, 0.2) is 21.2 Å². The van der Waals surface area contributed by atoms with Gasteiger partial charge >= 0.3 is 0 Å². The van der Waals surface area contributed by atoms with Crippen LogP contribution in [0, 0.1) is 0 Å². The minimum Gasteiger partial charge on any atom is -0.395 e. The Morgan fingerprint density at radius 3 is 2.65 bits per heavy atom. The second-order valence-corrected chi connectivity index (χ2v) is 6.08. The van der Waals surface area contributed by atoms with Gasteiger partial charge in [-0.05, 0) is 50.8 Å². The molecule has 1 aliphatic rings. The van der Waals surface area contributed by atoms with Crippen molar-refractivity contribution in [3.8, 4) is 0 Å². The summed E-state index contributed by atoms with van der Waals surface area (Å²) in [6.07, 6.45) is 6.76. The fourth-order valence-corrected chi connectivity index (χ4v) is 3.62. The van der Waals surface area contributed by atoms with E-state index < -0.39 is 0 Å². The number of aliphatic hydroxyl groups is 1. The van der Waals surface area contributed by atoms with Gasteiger partial charge in [-0.15, -0.1) is 0 Å². The van der Waals surface area contributed by atoms with Crippen molar-refractivity contribution in [2.24, 2.45) is 0 Å². The normalized spacial score (nSPS) is 16.4. The molecule has 94 valence electrons. The predicted octanol–water partition coefficient (Wildman–Crippen LogP) is 3.35. The maximum absolute atomic E-state index is 9.21. The lowest BCUT2D eigenvalue weighted by Crippen LogP contribution is -2.36. The summed E-state index contributed by atoms with van der Waals surface area (Å²) in [6.45, 7) is 0.818. The maximum Gasteiger partial charge on any atom is 0.143 e. The summed E-state index contributed by atoms with van der Waals surface area (Å²) < 4.78 is 1.94. The molecule has 0 amide bonds. The van der Waals surface area contributed by atoms with Crippen molar-refractivity contribution in [3.05, 3.63) is 21.2 Å². The van der Waals surface area contributed by atoms with Crippen molar-refractivity contribution in [3.63, 3.8) is 0 Å². The third kappa shape index (κ3) is 3.20. The van der Waals surface area contributed by atoms with E-state index >= 15 is 0 Å². The highest BCUT2D eigenvalue weighted by atomic mass is 79.9. The molecule has 0 radical (unpaired) electrons. The molecule has 0 bridgehead atoms. The molecule has 0 spiro atoms. The number of aromatic nitrogens is 1. The number of nitrogens with zero attached hydrogens (tertiary/aromatic N) is 2. The van der Waals surface area contributed by atoms with E-state index in [9.17, 15) is 5.11 Å². The zero-order valence-electron chi connectivity index (χ0n) is 9.57. The van der Waals surface area contributed by atoms with Gasteiger partial charge in [0, 0.05) is 23.3 Å². The van der Waals surface area contributed by atoms with Crippen LogP contribution in [0.25, 0.3) is 0 Å². The molecule has 17 heavy (non-hydrogen) atoms. The number of hydrogen-bond acceptors (Lipinski definition) is 3. The topological polar surface area (TPSA) is 36.4 Å². The summed E-state index contributed by atoms with van der Waals surface area (Å²) in [7, 11) is 0. The lowest BCUT2D eigenvalue weighted by molar-refractivity contribution is 0.296. The Labute approximate surface area is 118 Å². The highest BCUT2D eigenvalue weighted by molar-refractivity contribution is 9.11. The van der Waals surface area contributed by atoms with E-state index in [2.05, 4.69) is 41.7 Å². The summed E-state index contributed by atoms with van der Waals surface area (Å²) in [5.41, 5.74) is 0. The Kier molecular flexibility index (Phi) is 4.82. The molecule has 0 saturated heterocycles. The van der Waals surface area contributed by atoms with Gasteiger partial charge in [0.05, 0.1) is 11.1 Å².